The van der Waals surface area contributed by atoms with Crippen molar-refractivity contribution in [1.82, 2.24) is 40.0 Å². The number of carbonyl (C=O) groups is 4. The second kappa shape index (κ2) is 21.3. The fourth-order valence-corrected chi connectivity index (χ4v) is 10.9. The third kappa shape index (κ3) is 10.9. The van der Waals surface area contributed by atoms with E-state index in [4.69, 9.17) is 14.5 Å². The molecule has 4 aromatic rings. The Balaban J connectivity index is 1.13. The maximum atomic E-state index is 14.8. The summed E-state index contributed by atoms with van der Waals surface area (Å²) in [5.41, 5.74) is 9.86. The molecule has 2 aromatic heterocycles. The minimum absolute atomic E-state index is 0.0328. The molecule has 3 amide bonds. The minimum atomic E-state index is -1.05. The highest BCUT2D eigenvalue weighted by Gasteiger charge is 2.38. The predicted octanol–water partition coefficient (Wildman–Crippen LogP) is 5.96. The number of ether oxygens (including phenoxy) is 2. The SMILES string of the molecule is CCn1c(-c2cccnc2[C@H](C)OC)c2c3cc(ccc31)-c1cc(O)cc(c1)C[C@H](NC(=O)[C@H](C(C)C)N(C)CC1CCN(C(=O)C#C[C@@H]3CCN3C)C1)C(=O)N1CCC[C@H](N1)C(=O)OCC(C)(C)C2. The topological polar surface area (TPSA) is 162 Å². The van der Waals surface area contributed by atoms with Crippen LogP contribution in [0.3, 0.4) is 0 Å². The van der Waals surface area contributed by atoms with Gasteiger partial charge in [0.1, 0.15) is 17.8 Å². The maximum absolute atomic E-state index is 14.8. The van der Waals surface area contributed by atoms with Crippen molar-refractivity contribution in [3.63, 3.8) is 0 Å². The number of rotatable bonds is 10. The molecular formula is C55H72N8O7. The van der Waals surface area contributed by atoms with E-state index in [-0.39, 0.29) is 54.6 Å². The number of amides is 3. The third-order valence-electron chi connectivity index (χ3n) is 14.8. The monoisotopic (exact) mass is 957 g/mol. The van der Waals surface area contributed by atoms with Crippen molar-refractivity contribution in [3.8, 4) is 40.0 Å². The number of fused-ring (bicyclic) bond motifs is 6. The van der Waals surface area contributed by atoms with Gasteiger partial charge in [0.05, 0.1) is 36.2 Å². The van der Waals surface area contributed by atoms with Crippen LogP contribution in [0.15, 0.2) is 54.7 Å². The lowest BCUT2D eigenvalue weighted by molar-refractivity contribution is -0.155. The van der Waals surface area contributed by atoms with Crippen LogP contribution >= 0.6 is 0 Å². The highest BCUT2D eigenvalue weighted by molar-refractivity contribution is 5.96. The van der Waals surface area contributed by atoms with E-state index in [0.29, 0.717) is 57.5 Å². The number of cyclic esters (lactones) is 1. The first-order valence-corrected chi connectivity index (χ1v) is 25.2. The zero-order valence-electron chi connectivity index (χ0n) is 42.5. The average molecular weight is 957 g/mol. The van der Waals surface area contributed by atoms with Crippen LogP contribution in [0.25, 0.3) is 33.3 Å². The molecule has 3 saturated heterocycles. The molecule has 0 spiro atoms. The van der Waals surface area contributed by atoms with E-state index in [1.165, 1.54) is 5.01 Å². The zero-order valence-corrected chi connectivity index (χ0v) is 42.5. The lowest BCUT2D eigenvalue weighted by Crippen LogP contribution is -2.62. The molecule has 1 unspecified atom stereocenters. The van der Waals surface area contributed by atoms with E-state index < -0.39 is 35.4 Å². The van der Waals surface area contributed by atoms with Crippen molar-refractivity contribution in [3.05, 3.63) is 71.5 Å². The van der Waals surface area contributed by atoms with Gasteiger partial charge in [-0.1, -0.05) is 45.7 Å². The fourth-order valence-electron chi connectivity index (χ4n) is 10.9. The summed E-state index contributed by atoms with van der Waals surface area (Å²) < 4.78 is 14.3. The number of phenols is 1. The van der Waals surface area contributed by atoms with Gasteiger partial charge in [-0.15, -0.1) is 0 Å². The standard InChI is InChI=1S/C55H72N8O7/c1-10-62-47-17-15-38-29-43(47)44(51(62)42-13-11-21-56-49(42)35(4)69-9)30-55(5,6)33-70-54(68)45-14-12-22-63(58-45)53(67)46(27-37-25-39(38)28-41(64)26-37)57-52(66)50(34(2)3)60(8)31-36-19-24-61(32-36)48(65)18-16-40-20-23-59(40)7/h11,13,15,17,21,25-26,28-29,34-36,40,45-46,50,58,64H,10,12,14,19-20,22-24,27,30-33H2,1-9H3,(H,57,66)/t35-,36?,40+,45-,46-,50-/m0/s1. The Hall–Kier alpha value is -5.79. The van der Waals surface area contributed by atoms with Gasteiger partial charge in [0.15, 0.2) is 0 Å². The Morgan fingerprint density at radius 1 is 1.06 bits per heavy atom. The van der Waals surface area contributed by atoms with E-state index in [0.717, 1.165) is 63.9 Å². The summed E-state index contributed by atoms with van der Waals surface area (Å²) in [6.45, 7) is 16.2. The molecule has 6 atom stereocenters. The van der Waals surface area contributed by atoms with Crippen LogP contribution in [-0.4, -0.2) is 143 Å². The predicted molar refractivity (Wildman–Crippen MR) is 270 cm³/mol. The molecule has 70 heavy (non-hydrogen) atoms. The molecule has 6 bridgehead atoms. The number of esters is 1. The molecule has 3 N–H and O–H groups in total. The van der Waals surface area contributed by atoms with Crippen molar-refractivity contribution in [2.24, 2.45) is 17.3 Å². The van der Waals surface area contributed by atoms with Crippen molar-refractivity contribution in [1.29, 1.82) is 0 Å². The van der Waals surface area contributed by atoms with Crippen LogP contribution in [0, 0.1) is 29.1 Å². The number of hydrazine groups is 1. The normalized spacial score (nSPS) is 22.8. The van der Waals surface area contributed by atoms with E-state index in [2.05, 4.69) is 77.1 Å². The van der Waals surface area contributed by atoms with E-state index in [9.17, 15) is 24.3 Å². The quantitative estimate of drug-likeness (QED) is 0.127. The summed E-state index contributed by atoms with van der Waals surface area (Å²) >= 11 is 0. The number of phenolic OH excluding ortho intramolecular Hbond substituents is 1. The molecule has 15 nitrogen and oxygen atoms in total. The lowest BCUT2D eigenvalue weighted by Gasteiger charge is -2.37. The molecule has 2 aromatic carbocycles. The van der Waals surface area contributed by atoms with Crippen LogP contribution in [0.5, 0.6) is 5.75 Å². The van der Waals surface area contributed by atoms with E-state index >= 15 is 0 Å². The molecule has 0 saturated carbocycles. The van der Waals surface area contributed by atoms with Crippen molar-refractivity contribution < 1.29 is 33.8 Å². The molecule has 4 aliphatic rings. The molecule has 3 fully saturated rings. The number of aromatic hydroxyl groups is 1. The molecule has 0 aliphatic carbocycles. The number of carbonyl (C=O) groups excluding carboxylic acids is 4. The number of hydrogen-bond donors (Lipinski definition) is 3. The van der Waals surface area contributed by atoms with Crippen LogP contribution in [0.2, 0.25) is 0 Å². The highest BCUT2D eigenvalue weighted by Crippen LogP contribution is 2.42. The number of hydrogen-bond acceptors (Lipinski definition) is 11. The second-order valence-corrected chi connectivity index (χ2v) is 21.1. The summed E-state index contributed by atoms with van der Waals surface area (Å²) in [4.78, 5) is 67.3. The first-order chi connectivity index (χ1) is 33.4. The molecule has 15 heteroatoms. The minimum Gasteiger partial charge on any atom is -0.508 e. The van der Waals surface area contributed by atoms with Gasteiger partial charge in [-0.2, -0.15) is 0 Å². The highest BCUT2D eigenvalue weighted by atomic mass is 16.5. The summed E-state index contributed by atoms with van der Waals surface area (Å²) in [6.07, 6.45) is 4.96. The van der Waals surface area contributed by atoms with Gasteiger partial charge in [0.2, 0.25) is 5.91 Å². The van der Waals surface area contributed by atoms with Crippen LogP contribution in [0.4, 0.5) is 0 Å². The third-order valence-corrected chi connectivity index (χ3v) is 14.8. The van der Waals surface area contributed by atoms with Gasteiger partial charge in [-0.3, -0.25) is 39.0 Å². The van der Waals surface area contributed by atoms with Crippen molar-refractivity contribution in [2.45, 2.75) is 117 Å². The molecule has 4 aliphatic heterocycles. The number of nitrogens with zero attached hydrogens (tertiary/aromatic N) is 6. The van der Waals surface area contributed by atoms with Crippen LogP contribution < -0.4 is 10.7 Å². The van der Waals surface area contributed by atoms with Gasteiger partial charge in [-0.05, 0) is 136 Å². The van der Waals surface area contributed by atoms with Gasteiger partial charge in [0, 0.05) is 80.9 Å². The number of likely N-dealkylation sites (tertiary alicyclic amines) is 2. The fraction of sp³-hybridized carbons (Fsp3) is 0.545. The Labute approximate surface area is 413 Å². The average Bonchev–Trinajstić information content (AvgIpc) is 3.92. The van der Waals surface area contributed by atoms with Crippen LogP contribution in [-0.2, 0) is 48.0 Å². The number of methoxy groups -OCH3 is 1. The number of aromatic nitrogens is 2. The smallest absolute Gasteiger partial charge is 0.324 e. The second-order valence-electron chi connectivity index (χ2n) is 21.1. The Morgan fingerprint density at radius 2 is 1.86 bits per heavy atom. The van der Waals surface area contributed by atoms with Crippen LogP contribution in [0.1, 0.15) is 90.2 Å². The Kier molecular flexibility index (Phi) is 15.4. The number of aryl methyl sites for hydroxylation is 1. The Bertz CT molecular complexity index is 2670. The van der Waals surface area contributed by atoms with Gasteiger partial charge >= 0.3 is 5.97 Å². The first kappa shape index (κ1) is 50.6. The van der Waals surface area contributed by atoms with E-state index in [1.807, 2.05) is 56.8 Å². The molecule has 374 valence electrons. The summed E-state index contributed by atoms with van der Waals surface area (Å²) in [5.74, 6) is 4.74. The molecule has 8 rings (SSSR count). The summed E-state index contributed by atoms with van der Waals surface area (Å²) in [7, 11) is 5.62. The first-order valence-electron chi connectivity index (χ1n) is 25.2. The largest absolute Gasteiger partial charge is 0.508 e. The summed E-state index contributed by atoms with van der Waals surface area (Å²) in [6, 6.07) is 13.4. The number of nitrogens with one attached hydrogen (secondary N) is 2. The van der Waals surface area contributed by atoms with Gasteiger partial charge in [0.25, 0.3) is 11.8 Å². The summed E-state index contributed by atoms with van der Waals surface area (Å²) in [5, 5.41) is 17.0. The molecule has 0 radical (unpaired) electrons. The van der Waals surface area contributed by atoms with Crippen molar-refractivity contribution in [2.75, 3.05) is 60.5 Å². The van der Waals surface area contributed by atoms with E-state index in [1.54, 1.807) is 25.4 Å². The Morgan fingerprint density at radius 3 is 2.57 bits per heavy atom. The lowest BCUT2D eigenvalue weighted by atomic mass is 9.84. The zero-order chi connectivity index (χ0) is 50.0. The number of likely N-dealkylation sites (N-methyl/N-ethyl adjacent to an activating group) is 1. The van der Waals surface area contributed by atoms with Gasteiger partial charge < -0.3 is 29.4 Å². The van der Waals surface area contributed by atoms with Crippen molar-refractivity contribution >= 4 is 34.6 Å². The maximum Gasteiger partial charge on any atom is 0.324 e. The van der Waals surface area contributed by atoms with Gasteiger partial charge in [-0.25, -0.2) is 5.43 Å². The molecular weight excluding hydrogens is 885 g/mol. The number of benzene rings is 2. The number of pyridine rings is 1. The molecule has 6 heterocycles.